The molecule has 1 N–H and O–H groups in total. The minimum absolute atomic E-state index is 0.0765. The van der Waals surface area contributed by atoms with Crippen LogP contribution in [-0.4, -0.2) is 17.1 Å². The molecule has 0 aromatic rings. The second-order valence-corrected chi connectivity index (χ2v) is 6.65. The van der Waals surface area contributed by atoms with Crippen molar-refractivity contribution in [2.75, 3.05) is 0 Å². The number of allylic oxidation sites excluding steroid dienone is 2. The number of carbonyl (C=O) groups excluding carboxylic acids is 1. The van der Waals surface area contributed by atoms with E-state index in [0.29, 0.717) is 11.8 Å². The molecule has 122 valence electrons. The summed E-state index contributed by atoms with van der Waals surface area (Å²) in [4.78, 5) is 12.0. The highest BCUT2D eigenvalue weighted by molar-refractivity contribution is 5.92. The van der Waals surface area contributed by atoms with Gasteiger partial charge in [-0.2, -0.15) is 0 Å². The monoisotopic (exact) mass is 298 g/mol. The quantitative estimate of drug-likeness (QED) is 0.506. The molecule has 0 spiro atoms. The third-order valence-electron chi connectivity index (χ3n) is 5.61. The van der Waals surface area contributed by atoms with Gasteiger partial charge in [0.2, 0.25) is 0 Å². The van der Waals surface area contributed by atoms with Crippen LogP contribution in [0.4, 0.5) is 4.39 Å². The summed E-state index contributed by atoms with van der Waals surface area (Å²) in [5.41, 5.74) is 0.417. The second kappa shape index (κ2) is 7.95. The first-order valence-electron chi connectivity index (χ1n) is 8.47. The Balaban J connectivity index is 2.66. The van der Waals surface area contributed by atoms with Gasteiger partial charge >= 0.3 is 0 Å². The van der Waals surface area contributed by atoms with Crippen molar-refractivity contribution in [3.8, 4) is 0 Å². The molecule has 1 aliphatic rings. The van der Waals surface area contributed by atoms with Gasteiger partial charge in [-0.15, -0.1) is 0 Å². The van der Waals surface area contributed by atoms with E-state index in [4.69, 9.17) is 0 Å². The Kier molecular flexibility index (Phi) is 6.89. The third-order valence-corrected chi connectivity index (χ3v) is 5.61. The lowest BCUT2D eigenvalue weighted by Crippen LogP contribution is -2.27. The molecular formula is C18H31FO2. The maximum absolute atomic E-state index is 13.4. The van der Waals surface area contributed by atoms with E-state index < -0.39 is 12.1 Å². The van der Waals surface area contributed by atoms with E-state index in [1.165, 1.54) is 25.8 Å². The first-order chi connectivity index (χ1) is 9.89. The number of aliphatic hydroxyl groups excluding tert-OH is 1. The molecule has 1 rings (SSSR count). The summed E-state index contributed by atoms with van der Waals surface area (Å²) in [6.07, 6.45) is 7.03. The molecular weight excluding hydrogens is 267 g/mol. The van der Waals surface area contributed by atoms with Crippen LogP contribution < -0.4 is 0 Å². The van der Waals surface area contributed by atoms with Gasteiger partial charge in [0.15, 0.2) is 5.78 Å². The topological polar surface area (TPSA) is 37.3 Å². The SMILES string of the molecule is CCC(C(=O)/C=C(\O)C1CCC(CC)(CC)CC1)C(C)F. The summed E-state index contributed by atoms with van der Waals surface area (Å²) >= 11 is 0. The summed E-state index contributed by atoms with van der Waals surface area (Å²) in [5, 5.41) is 10.2. The Hall–Kier alpha value is -0.860. The van der Waals surface area contributed by atoms with Gasteiger partial charge in [0, 0.05) is 12.0 Å². The van der Waals surface area contributed by atoms with E-state index in [1.54, 1.807) is 6.92 Å². The highest BCUT2D eigenvalue weighted by Gasteiger charge is 2.34. The Morgan fingerprint density at radius 3 is 2.19 bits per heavy atom. The van der Waals surface area contributed by atoms with Crippen LogP contribution >= 0.6 is 0 Å². The van der Waals surface area contributed by atoms with Crippen molar-refractivity contribution in [3.05, 3.63) is 11.8 Å². The van der Waals surface area contributed by atoms with Gasteiger partial charge in [-0.05, 0) is 44.4 Å². The zero-order valence-electron chi connectivity index (χ0n) is 14.0. The number of aliphatic hydroxyl groups is 1. The third kappa shape index (κ3) is 4.55. The van der Waals surface area contributed by atoms with Crippen molar-refractivity contribution in [3.63, 3.8) is 0 Å². The standard InChI is InChI=1S/C18H31FO2/c1-5-15(13(4)19)17(21)12-16(20)14-8-10-18(6-2,7-3)11-9-14/h12-15,20H,5-11H2,1-4H3/b16-12-. The second-order valence-electron chi connectivity index (χ2n) is 6.65. The summed E-state index contributed by atoms with van der Waals surface area (Å²) in [7, 11) is 0. The number of halogens is 1. The molecule has 1 fully saturated rings. The molecule has 2 nitrogen and oxygen atoms in total. The average molecular weight is 298 g/mol. The Labute approximate surface area is 128 Å². The first-order valence-corrected chi connectivity index (χ1v) is 8.47. The number of hydrogen-bond donors (Lipinski definition) is 1. The fourth-order valence-electron chi connectivity index (χ4n) is 3.61. The number of ketones is 1. The van der Waals surface area contributed by atoms with Crippen molar-refractivity contribution in [1.82, 2.24) is 0 Å². The van der Waals surface area contributed by atoms with Gasteiger partial charge in [-0.25, -0.2) is 4.39 Å². The molecule has 1 saturated carbocycles. The molecule has 0 heterocycles. The number of carbonyl (C=O) groups is 1. The Morgan fingerprint density at radius 2 is 1.81 bits per heavy atom. The zero-order valence-corrected chi connectivity index (χ0v) is 14.0. The molecule has 0 bridgehead atoms. The summed E-state index contributed by atoms with van der Waals surface area (Å²) in [5.74, 6) is -0.651. The van der Waals surface area contributed by atoms with Gasteiger partial charge in [-0.1, -0.05) is 33.6 Å². The first kappa shape index (κ1) is 18.2. The highest BCUT2D eigenvalue weighted by Crippen LogP contribution is 2.45. The van der Waals surface area contributed by atoms with Crippen molar-refractivity contribution >= 4 is 5.78 Å². The average Bonchev–Trinajstić information content (AvgIpc) is 2.47. The number of hydrogen-bond acceptors (Lipinski definition) is 2. The lowest BCUT2D eigenvalue weighted by Gasteiger charge is -2.39. The summed E-state index contributed by atoms with van der Waals surface area (Å²) < 4.78 is 13.4. The van der Waals surface area contributed by atoms with Gasteiger partial charge in [0.25, 0.3) is 0 Å². The molecule has 21 heavy (non-hydrogen) atoms. The fraction of sp³-hybridized carbons (Fsp3) is 0.833. The van der Waals surface area contributed by atoms with Crippen LogP contribution in [0.15, 0.2) is 11.8 Å². The number of rotatable bonds is 7. The minimum Gasteiger partial charge on any atom is -0.512 e. The smallest absolute Gasteiger partial charge is 0.164 e. The van der Waals surface area contributed by atoms with E-state index in [9.17, 15) is 14.3 Å². The van der Waals surface area contributed by atoms with Crippen molar-refractivity contribution in [2.24, 2.45) is 17.3 Å². The van der Waals surface area contributed by atoms with Crippen LogP contribution in [-0.2, 0) is 4.79 Å². The molecule has 0 aromatic heterocycles. The maximum atomic E-state index is 13.4. The van der Waals surface area contributed by atoms with Gasteiger partial charge in [-0.3, -0.25) is 4.79 Å². The van der Waals surface area contributed by atoms with Gasteiger partial charge in [0.1, 0.15) is 6.17 Å². The minimum atomic E-state index is -1.16. The maximum Gasteiger partial charge on any atom is 0.164 e. The van der Waals surface area contributed by atoms with E-state index in [2.05, 4.69) is 13.8 Å². The molecule has 2 atom stereocenters. The van der Waals surface area contributed by atoms with Crippen LogP contribution in [0.2, 0.25) is 0 Å². The van der Waals surface area contributed by atoms with E-state index >= 15 is 0 Å². The van der Waals surface area contributed by atoms with Crippen LogP contribution in [0.5, 0.6) is 0 Å². The normalized spacial score (nSPS) is 22.8. The van der Waals surface area contributed by atoms with Crippen LogP contribution in [0.25, 0.3) is 0 Å². The van der Waals surface area contributed by atoms with Crippen molar-refractivity contribution < 1.29 is 14.3 Å². The van der Waals surface area contributed by atoms with Gasteiger partial charge < -0.3 is 5.11 Å². The van der Waals surface area contributed by atoms with Crippen molar-refractivity contribution in [2.45, 2.75) is 78.8 Å². The largest absolute Gasteiger partial charge is 0.512 e. The zero-order chi connectivity index (χ0) is 16.0. The predicted molar refractivity (Wildman–Crippen MR) is 85.0 cm³/mol. The summed E-state index contributed by atoms with van der Waals surface area (Å²) in [6, 6.07) is 0. The van der Waals surface area contributed by atoms with Crippen LogP contribution in [0, 0.1) is 17.3 Å². The lowest BCUT2D eigenvalue weighted by atomic mass is 9.67. The molecule has 2 unspecified atom stereocenters. The van der Waals surface area contributed by atoms with Crippen LogP contribution in [0.3, 0.4) is 0 Å². The lowest BCUT2D eigenvalue weighted by molar-refractivity contribution is -0.120. The molecule has 0 saturated heterocycles. The molecule has 1 aliphatic carbocycles. The Bertz CT molecular complexity index is 359. The van der Waals surface area contributed by atoms with Crippen molar-refractivity contribution in [1.29, 1.82) is 0 Å². The number of alkyl halides is 1. The summed E-state index contributed by atoms with van der Waals surface area (Å²) in [6.45, 7) is 7.68. The highest BCUT2D eigenvalue weighted by atomic mass is 19.1. The molecule has 3 heteroatoms. The predicted octanol–water partition coefficient (Wildman–Crippen LogP) is 5.38. The van der Waals surface area contributed by atoms with Crippen LogP contribution in [0.1, 0.15) is 72.6 Å². The fourth-order valence-corrected chi connectivity index (χ4v) is 3.61. The molecule has 0 radical (unpaired) electrons. The molecule has 0 aliphatic heterocycles. The molecule has 0 aromatic carbocycles. The van der Waals surface area contributed by atoms with Gasteiger partial charge in [0.05, 0.1) is 11.7 Å². The van der Waals surface area contributed by atoms with E-state index in [-0.39, 0.29) is 17.5 Å². The van der Waals surface area contributed by atoms with E-state index in [1.807, 2.05) is 0 Å². The molecule has 0 amide bonds. The Morgan fingerprint density at radius 1 is 1.29 bits per heavy atom. The van der Waals surface area contributed by atoms with E-state index in [0.717, 1.165) is 25.7 Å².